The average Bonchev–Trinajstić information content (AvgIpc) is 3.87. The van der Waals surface area contributed by atoms with Crippen LogP contribution in [-0.4, -0.2) is 3.21 Å². The van der Waals surface area contributed by atoms with E-state index in [1.807, 2.05) is 12.2 Å². The summed E-state index contributed by atoms with van der Waals surface area (Å²) in [6.07, 6.45) is 13.2. The predicted molar refractivity (Wildman–Crippen MR) is 238 cm³/mol. The Morgan fingerprint density at radius 1 is 0.589 bits per heavy atom. The number of fused-ring (bicyclic) bond motifs is 3. The van der Waals surface area contributed by atoms with E-state index in [2.05, 4.69) is 201 Å². The Kier molecular flexibility index (Phi) is 13.4. The Labute approximate surface area is 352 Å². The Balaban J connectivity index is 0.000000207. The molecule has 8 rings (SSSR count). The zero-order chi connectivity index (χ0) is 39.9. The standard InChI is InChI=1S/C35H37.C15H14.C5H5.Zr/c1-22-9-13-24(14-10-22)30-18-26-17-27-19-31(25-15-11-23(2)12-16-25)33(35(6,7)8)21-29(27)28(26)20-32(30)34(3,4)5;1-3-8-14(9-4-1)12-7-13-15-10-5-2-6-11-15;1-2-4-5-3-1;/h9-16,18,20-21H,17H2,1-8H3;1-6,8-11H,12-13H2;1-3H,4H2;/q-1;;-1;+2. The van der Waals surface area contributed by atoms with Gasteiger partial charge in [0, 0.05) is 0 Å². The molecule has 56 heavy (non-hydrogen) atoms. The van der Waals surface area contributed by atoms with Gasteiger partial charge in [-0.1, -0.05) is 130 Å². The molecule has 0 saturated carbocycles. The van der Waals surface area contributed by atoms with Gasteiger partial charge in [-0.3, -0.25) is 6.08 Å². The first-order valence-corrected chi connectivity index (χ1v) is 21.3. The molecule has 0 nitrogen and oxygen atoms in total. The molecule has 6 aromatic carbocycles. The third-order valence-electron chi connectivity index (χ3n) is 10.5. The van der Waals surface area contributed by atoms with E-state index in [0.29, 0.717) is 0 Å². The van der Waals surface area contributed by atoms with Crippen molar-refractivity contribution in [1.29, 1.82) is 0 Å². The third kappa shape index (κ3) is 10.7. The van der Waals surface area contributed by atoms with Crippen LogP contribution in [0.5, 0.6) is 0 Å². The van der Waals surface area contributed by atoms with Crippen molar-refractivity contribution in [1.82, 2.24) is 0 Å². The van der Waals surface area contributed by atoms with Gasteiger partial charge in [0.1, 0.15) is 0 Å². The van der Waals surface area contributed by atoms with Crippen LogP contribution in [0, 0.1) is 26.0 Å². The van der Waals surface area contributed by atoms with Gasteiger partial charge in [0.2, 0.25) is 0 Å². The van der Waals surface area contributed by atoms with E-state index >= 15 is 0 Å². The number of hydrogen-bond acceptors (Lipinski definition) is 0. The molecule has 0 atom stereocenters. The van der Waals surface area contributed by atoms with Crippen molar-refractivity contribution in [3.8, 4) is 33.4 Å². The van der Waals surface area contributed by atoms with E-state index in [4.69, 9.17) is 0 Å². The topological polar surface area (TPSA) is 0 Å². The van der Waals surface area contributed by atoms with E-state index < -0.39 is 0 Å². The molecule has 0 radical (unpaired) electrons. The van der Waals surface area contributed by atoms with Crippen molar-refractivity contribution in [3.63, 3.8) is 0 Å². The molecule has 1 heteroatoms. The minimum atomic E-state index is 0.0310. The summed E-state index contributed by atoms with van der Waals surface area (Å²) in [7, 11) is 0. The molecule has 280 valence electrons. The summed E-state index contributed by atoms with van der Waals surface area (Å²) >= 11 is 1.55. The van der Waals surface area contributed by atoms with Crippen LogP contribution in [0.4, 0.5) is 0 Å². The van der Waals surface area contributed by atoms with Crippen molar-refractivity contribution >= 4 is 3.21 Å². The predicted octanol–water partition coefficient (Wildman–Crippen LogP) is 14.1. The van der Waals surface area contributed by atoms with E-state index in [1.165, 1.54) is 77.9 Å². The van der Waals surface area contributed by atoms with Crippen LogP contribution in [0.2, 0.25) is 0 Å². The fraction of sp³-hybridized carbons (Fsp3) is 0.255. The summed E-state index contributed by atoms with van der Waals surface area (Å²) in [4.78, 5) is 0. The van der Waals surface area contributed by atoms with Gasteiger partial charge in [-0.25, -0.2) is 12.2 Å². The second-order valence-corrected chi connectivity index (χ2v) is 19.1. The molecule has 2 aliphatic carbocycles. The Morgan fingerprint density at radius 3 is 1.57 bits per heavy atom. The Bertz CT molecular complexity index is 2140. The molecule has 0 N–H and O–H groups in total. The first-order valence-electron chi connectivity index (χ1n) is 20.0. The summed E-state index contributed by atoms with van der Waals surface area (Å²) in [5.41, 5.74) is 19.0. The van der Waals surface area contributed by atoms with Crippen LogP contribution >= 0.6 is 0 Å². The van der Waals surface area contributed by atoms with Crippen LogP contribution in [0.15, 0.2) is 146 Å². The van der Waals surface area contributed by atoms with E-state index in [1.54, 1.807) is 27.4 Å². The van der Waals surface area contributed by atoms with E-state index in [0.717, 1.165) is 25.7 Å². The average molecular weight is 808 g/mol. The molecule has 0 aliphatic heterocycles. The number of hydrogen-bond donors (Lipinski definition) is 0. The summed E-state index contributed by atoms with van der Waals surface area (Å²) in [5.74, 6) is 0. The second kappa shape index (κ2) is 18.2. The van der Waals surface area contributed by atoms with Gasteiger partial charge in [0.25, 0.3) is 0 Å². The molecule has 0 heterocycles. The van der Waals surface area contributed by atoms with E-state index in [9.17, 15) is 0 Å². The Morgan fingerprint density at radius 2 is 1.11 bits per heavy atom. The van der Waals surface area contributed by atoms with Crippen LogP contribution in [0.3, 0.4) is 0 Å². The van der Waals surface area contributed by atoms with Crippen LogP contribution < -0.4 is 0 Å². The molecule has 0 amide bonds. The quantitative estimate of drug-likeness (QED) is 0.147. The van der Waals surface area contributed by atoms with Crippen molar-refractivity contribution in [2.24, 2.45) is 0 Å². The van der Waals surface area contributed by atoms with Gasteiger partial charge in [-0.15, -0.1) is 35.2 Å². The summed E-state index contributed by atoms with van der Waals surface area (Å²) in [5, 5.41) is 0. The van der Waals surface area contributed by atoms with E-state index in [-0.39, 0.29) is 10.8 Å². The van der Waals surface area contributed by atoms with Crippen LogP contribution in [0.25, 0.3) is 33.4 Å². The monoisotopic (exact) mass is 806 g/mol. The van der Waals surface area contributed by atoms with Gasteiger partial charge in [-0.2, -0.15) is 6.08 Å². The van der Waals surface area contributed by atoms with Crippen molar-refractivity contribution in [3.05, 3.63) is 202 Å². The molecule has 0 aromatic heterocycles. The van der Waals surface area contributed by atoms with Gasteiger partial charge in [-0.05, 0) is 53.4 Å². The maximum absolute atomic E-state index is 3.91. The molecule has 0 saturated heterocycles. The number of rotatable bonds is 6. The van der Waals surface area contributed by atoms with Crippen LogP contribution in [-0.2, 0) is 54.3 Å². The number of benzene rings is 6. The normalized spacial score (nSPS) is 12.6. The third-order valence-corrected chi connectivity index (χ3v) is 11.4. The minimum absolute atomic E-state index is 0.0310. The molecular formula is C55H56Zr. The van der Waals surface area contributed by atoms with Gasteiger partial charge >= 0.3 is 112 Å². The molecule has 6 aromatic rings. The summed E-state index contributed by atoms with van der Waals surface area (Å²) in [6, 6.07) is 50.6. The van der Waals surface area contributed by atoms with Gasteiger partial charge in [0.05, 0.1) is 0 Å². The summed E-state index contributed by atoms with van der Waals surface area (Å²) in [6.45, 7) is 18.2. The van der Waals surface area contributed by atoms with Gasteiger partial charge < -0.3 is 0 Å². The van der Waals surface area contributed by atoms with Crippen LogP contribution in [0.1, 0.15) is 92.5 Å². The number of allylic oxidation sites excluding steroid dienone is 4. The fourth-order valence-electron chi connectivity index (χ4n) is 7.42. The molecule has 0 fully saturated rings. The second-order valence-electron chi connectivity index (χ2n) is 17.3. The SMILES string of the molecule is Cc1ccc(-c2[c-]c3c(cc2C(C)(C)C)-c2cc(C(C)(C)C)c(-c4ccc(C)cc4)cc2C3)cc1.[C-]1=CC=CC1.[Zr+2]=[C](Cc1ccccc1)Cc1ccccc1. The van der Waals surface area contributed by atoms with Crippen molar-refractivity contribution < 1.29 is 24.2 Å². The maximum atomic E-state index is 3.91. The first-order chi connectivity index (χ1) is 26.8. The summed E-state index contributed by atoms with van der Waals surface area (Å²) < 4.78 is 1.60. The van der Waals surface area contributed by atoms with Gasteiger partial charge in [0.15, 0.2) is 0 Å². The first kappa shape index (κ1) is 41.2. The molecule has 0 unspecified atom stereocenters. The van der Waals surface area contributed by atoms with Crippen molar-refractivity contribution in [2.45, 2.75) is 91.9 Å². The molecule has 2 aliphatic rings. The fourth-order valence-corrected chi connectivity index (χ4v) is 8.42. The molecule has 0 spiro atoms. The zero-order valence-corrected chi connectivity index (χ0v) is 37.1. The number of aryl methyl sites for hydroxylation is 2. The Hall–Kier alpha value is -4.45. The molecule has 0 bridgehead atoms. The molecular weight excluding hydrogens is 752 g/mol. The zero-order valence-electron chi connectivity index (χ0n) is 34.7. The van der Waals surface area contributed by atoms with Crippen molar-refractivity contribution in [2.75, 3.05) is 0 Å².